The Morgan fingerprint density at radius 1 is 1.82 bits per heavy atom. The predicted molar refractivity (Wildman–Crippen MR) is 36.5 cm³/mol. The van der Waals surface area contributed by atoms with Gasteiger partial charge in [-0.1, -0.05) is 11.6 Å². The Balaban J connectivity index is 2.47. The molecule has 1 saturated heterocycles. The lowest BCUT2D eigenvalue weighted by Gasteiger charge is -2.00. The van der Waals surface area contributed by atoms with Crippen molar-refractivity contribution in [3.63, 3.8) is 0 Å². The van der Waals surface area contributed by atoms with Crippen LogP contribution in [0.25, 0.3) is 0 Å². The fourth-order valence-electron chi connectivity index (χ4n) is 0.788. The van der Waals surface area contributed by atoms with Gasteiger partial charge in [-0.2, -0.15) is 0 Å². The number of halogens is 1. The molecule has 0 radical (unpaired) electrons. The molecule has 0 aliphatic carbocycles. The molecule has 0 unspecified atom stereocenters. The van der Waals surface area contributed by atoms with Gasteiger partial charge in [0.15, 0.2) is 0 Å². The van der Waals surface area contributed by atoms with Crippen LogP contribution in [0.1, 0.15) is 6.42 Å². The van der Waals surface area contributed by atoms with Crippen molar-refractivity contribution < 1.29 is 14.3 Å². The van der Waals surface area contributed by atoms with E-state index in [2.05, 4.69) is 10.1 Å². The van der Waals surface area contributed by atoms with E-state index in [1.165, 1.54) is 0 Å². The van der Waals surface area contributed by atoms with Crippen LogP contribution in [-0.4, -0.2) is 23.6 Å². The van der Waals surface area contributed by atoms with Gasteiger partial charge in [0.1, 0.15) is 6.04 Å². The van der Waals surface area contributed by atoms with Gasteiger partial charge in [0.05, 0.1) is 6.42 Å². The third kappa shape index (κ3) is 2.06. The highest BCUT2D eigenvalue weighted by molar-refractivity contribution is 6.20. The van der Waals surface area contributed by atoms with Gasteiger partial charge < -0.3 is 10.5 Å². The van der Waals surface area contributed by atoms with Crippen molar-refractivity contribution in [1.82, 2.24) is 5.32 Å². The van der Waals surface area contributed by atoms with E-state index in [9.17, 15) is 9.59 Å². The second-order valence-electron chi connectivity index (χ2n) is 2.14. The molecule has 0 saturated carbocycles. The normalized spacial score (nSPS) is 30.1. The van der Waals surface area contributed by atoms with Crippen LogP contribution < -0.4 is 11.1 Å². The van der Waals surface area contributed by atoms with Crippen LogP contribution in [0.4, 0.5) is 0 Å². The molecule has 1 aliphatic rings. The zero-order chi connectivity index (χ0) is 8.43. The van der Waals surface area contributed by atoms with E-state index in [4.69, 9.17) is 17.3 Å². The van der Waals surface area contributed by atoms with Gasteiger partial charge in [0.25, 0.3) is 0 Å². The standard InChI is InChI=1S/C5H7ClN2O3/c6-5-8-2(1-3(7)9)4(10)11-5/h2,5,8H,1H2,(H2,7,9)/t2-,5+/m0/s1. The lowest BCUT2D eigenvalue weighted by Crippen LogP contribution is -2.33. The number of hydrogen-bond donors (Lipinski definition) is 2. The summed E-state index contributed by atoms with van der Waals surface area (Å²) in [7, 11) is 0. The van der Waals surface area contributed by atoms with Crippen LogP contribution >= 0.6 is 11.6 Å². The van der Waals surface area contributed by atoms with E-state index >= 15 is 0 Å². The first-order valence-corrected chi connectivity index (χ1v) is 3.42. The number of esters is 1. The molecule has 0 aromatic rings. The maximum absolute atomic E-state index is 10.7. The SMILES string of the molecule is NC(=O)C[C@@H]1N[C@@H](Cl)OC1=O. The molecule has 11 heavy (non-hydrogen) atoms. The summed E-state index contributed by atoms with van der Waals surface area (Å²) < 4.78 is 4.48. The Morgan fingerprint density at radius 3 is 2.82 bits per heavy atom. The lowest BCUT2D eigenvalue weighted by molar-refractivity contribution is -0.141. The molecule has 1 heterocycles. The molecule has 1 rings (SSSR count). The highest BCUT2D eigenvalue weighted by atomic mass is 35.5. The monoisotopic (exact) mass is 178 g/mol. The van der Waals surface area contributed by atoms with Crippen LogP contribution in [0, 0.1) is 0 Å². The van der Waals surface area contributed by atoms with Gasteiger partial charge in [0.2, 0.25) is 11.6 Å². The second kappa shape index (κ2) is 3.06. The summed E-state index contributed by atoms with van der Waals surface area (Å²) in [5.41, 5.74) is 4.01. The van der Waals surface area contributed by atoms with Gasteiger partial charge in [-0.25, -0.2) is 0 Å². The van der Waals surface area contributed by atoms with E-state index in [1.54, 1.807) is 0 Å². The number of amides is 1. The quantitative estimate of drug-likeness (QED) is 0.320. The summed E-state index contributed by atoms with van der Waals surface area (Å²) in [6.45, 7) is 0. The molecule has 1 amide bonds. The number of primary amides is 1. The van der Waals surface area contributed by atoms with Gasteiger partial charge in [-0.3, -0.25) is 14.9 Å². The lowest BCUT2D eigenvalue weighted by atomic mass is 10.2. The maximum Gasteiger partial charge on any atom is 0.326 e. The molecule has 3 N–H and O–H groups in total. The third-order valence-corrected chi connectivity index (χ3v) is 1.46. The summed E-state index contributed by atoms with van der Waals surface area (Å²) in [5.74, 6) is -1.10. The maximum atomic E-state index is 10.7. The van der Waals surface area contributed by atoms with Crippen LogP contribution in [0.3, 0.4) is 0 Å². The number of carbonyl (C=O) groups excluding carboxylic acids is 2. The zero-order valence-electron chi connectivity index (χ0n) is 5.54. The fraction of sp³-hybridized carbons (Fsp3) is 0.600. The minimum Gasteiger partial charge on any atom is -0.431 e. The Morgan fingerprint density at radius 2 is 2.45 bits per heavy atom. The van der Waals surface area contributed by atoms with E-state index in [-0.39, 0.29) is 6.42 Å². The van der Waals surface area contributed by atoms with E-state index in [1.807, 2.05) is 0 Å². The average Bonchev–Trinajstić information content (AvgIpc) is 2.09. The Bertz CT molecular complexity index is 196. The van der Waals surface area contributed by atoms with Crippen molar-refractivity contribution in [2.45, 2.75) is 18.1 Å². The number of ether oxygens (including phenoxy) is 1. The fourth-order valence-corrected chi connectivity index (χ4v) is 1.03. The van der Waals surface area contributed by atoms with E-state index in [0.29, 0.717) is 0 Å². The molecule has 1 aliphatic heterocycles. The molecule has 0 aromatic heterocycles. The van der Waals surface area contributed by atoms with E-state index < -0.39 is 23.6 Å². The predicted octanol–water partition coefficient (Wildman–Crippen LogP) is -1.10. The van der Waals surface area contributed by atoms with Crippen LogP contribution in [0.15, 0.2) is 0 Å². The minimum absolute atomic E-state index is 0.0813. The third-order valence-electron chi connectivity index (χ3n) is 1.24. The van der Waals surface area contributed by atoms with Gasteiger partial charge in [-0.05, 0) is 0 Å². The molecule has 2 atom stereocenters. The van der Waals surface area contributed by atoms with Crippen LogP contribution in [0.2, 0.25) is 0 Å². The number of nitrogens with two attached hydrogens (primary N) is 1. The number of carbonyl (C=O) groups is 2. The Hall–Kier alpha value is -0.810. The highest BCUT2D eigenvalue weighted by Gasteiger charge is 2.33. The van der Waals surface area contributed by atoms with Gasteiger partial charge in [-0.15, -0.1) is 0 Å². The molecule has 0 aromatic carbocycles. The summed E-state index contributed by atoms with van der Waals surface area (Å²) in [4.78, 5) is 21.1. The van der Waals surface area contributed by atoms with Crippen molar-refractivity contribution >= 4 is 23.5 Å². The molecule has 62 valence electrons. The second-order valence-corrected chi connectivity index (χ2v) is 2.54. The first-order chi connectivity index (χ1) is 5.09. The Labute approximate surface area is 67.8 Å². The molecular weight excluding hydrogens is 172 g/mol. The number of nitrogens with one attached hydrogen (secondary N) is 1. The number of hydrogen-bond acceptors (Lipinski definition) is 4. The number of cyclic esters (lactones) is 1. The summed E-state index contributed by atoms with van der Waals surface area (Å²) in [5, 5.41) is 2.53. The van der Waals surface area contributed by atoms with Crippen molar-refractivity contribution in [3.8, 4) is 0 Å². The van der Waals surface area contributed by atoms with Crippen molar-refractivity contribution in [1.29, 1.82) is 0 Å². The largest absolute Gasteiger partial charge is 0.431 e. The van der Waals surface area contributed by atoms with E-state index in [0.717, 1.165) is 0 Å². The highest BCUT2D eigenvalue weighted by Crippen LogP contribution is 2.10. The van der Waals surface area contributed by atoms with Gasteiger partial charge in [0, 0.05) is 0 Å². The van der Waals surface area contributed by atoms with Crippen molar-refractivity contribution in [3.05, 3.63) is 0 Å². The first kappa shape index (κ1) is 8.29. The summed E-state index contributed by atoms with van der Waals surface area (Å²) >= 11 is 5.38. The molecular formula is C5H7ClN2O3. The van der Waals surface area contributed by atoms with Crippen LogP contribution in [0.5, 0.6) is 0 Å². The number of rotatable bonds is 2. The number of alkyl halides is 1. The Kier molecular flexibility index (Phi) is 2.31. The molecule has 1 fully saturated rings. The minimum atomic E-state index is -0.841. The van der Waals surface area contributed by atoms with Crippen molar-refractivity contribution in [2.75, 3.05) is 0 Å². The van der Waals surface area contributed by atoms with Crippen LogP contribution in [-0.2, 0) is 14.3 Å². The molecule has 5 nitrogen and oxygen atoms in total. The first-order valence-electron chi connectivity index (χ1n) is 2.98. The summed E-state index contributed by atoms with van der Waals surface area (Å²) in [6.07, 6.45) is -0.0813. The summed E-state index contributed by atoms with van der Waals surface area (Å²) in [6, 6.07) is -0.685. The average molecular weight is 179 g/mol. The molecule has 0 bridgehead atoms. The molecule has 0 spiro atoms. The van der Waals surface area contributed by atoms with Gasteiger partial charge >= 0.3 is 5.97 Å². The topological polar surface area (TPSA) is 81.4 Å². The molecule has 6 heteroatoms. The zero-order valence-corrected chi connectivity index (χ0v) is 6.30. The van der Waals surface area contributed by atoms with Crippen molar-refractivity contribution in [2.24, 2.45) is 5.73 Å². The smallest absolute Gasteiger partial charge is 0.326 e.